The molecular weight excluding hydrogens is 692 g/mol. The fourth-order valence-electron chi connectivity index (χ4n) is 6.90. The number of alkyl carbamates (subject to hydrolysis) is 1. The molecule has 6 rings (SSSR count). The first kappa shape index (κ1) is 36.5. The standard InChI is InChI=1S/C34H43F2N5O9S/c1-20(2)49-31(45)37-26-12-14-33(35,36)13-6-5-9-23-16-34(23,30(44)39-51(47,48)25-10-11-25)38-28(42)27-15-24(19-41(27)29(26)43)50-32(46)40-17-21-7-3-4-8-22(21)18-40/h3-5,7-9,20,23-27H,6,10-19H2,1-2H3,(H,37,45)(H,38,42)(H,39,44)/t23-,24-,26+,27+,34-/m1/s1. The summed E-state index contributed by atoms with van der Waals surface area (Å²) in [4.78, 5) is 70.3. The molecule has 0 spiro atoms. The molecule has 17 heteroatoms. The summed E-state index contributed by atoms with van der Waals surface area (Å²) in [5.74, 6) is -6.61. The van der Waals surface area contributed by atoms with Crippen LogP contribution in [0.2, 0.25) is 0 Å². The van der Waals surface area contributed by atoms with Crippen LogP contribution in [0, 0.1) is 5.92 Å². The quantitative estimate of drug-likeness (QED) is 0.371. The number of carbonyl (C=O) groups excluding carboxylic acids is 5. The second-order valence-electron chi connectivity index (χ2n) is 14.3. The molecule has 5 amide bonds. The van der Waals surface area contributed by atoms with Crippen molar-refractivity contribution in [2.24, 2.45) is 5.92 Å². The van der Waals surface area contributed by atoms with Crippen molar-refractivity contribution in [3.8, 4) is 0 Å². The number of nitrogens with zero attached hydrogens (tertiary/aromatic N) is 2. The van der Waals surface area contributed by atoms with Gasteiger partial charge in [-0.2, -0.15) is 0 Å². The van der Waals surface area contributed by atoms with Gasteiger partial charge in [-0.15, -0.1) is 0 Å². The number of carbonyl (C=O) groups is 5. The zero-order chi connectivity index (χ0) is 36.7. The molecule has 51 heavy (non-hydrogen) atoms. The number of hydrogen-bond donors (Lipinski definition) is 3. The van der Waals surface area contributed by atoms with E-state index in [4.69, 9.17) is 9.47 Å². The summed E-state index contributed by atoms with van der Waals surface area (Å²) in [6.07, 6.45) is -1.70. The first-order chi connectivity index (χ1) is 24.1. The monoisotopic (exact) mass is 735 g/mol. The molecular formula is C34H43F2N5O9S. The SMILES string of the molecule is CC(C)OC(=O)N[C@H]1CCC(F)(F)CCC=C[C@@H]2C[C@@]2(C(=O)NS(=O)(=O)C2CC2)NC(=O)[C@@H]2C[C@@H](OC(=O)N3Cc4ccccc4C3)CN2C1=O. The minimum atomic E-state index is -4.00. The van der Waals surface area contributed by atoms with E-state index in [1.807, 2.05) is 24.3 Å². The van der Waals surface area contributed by atoms with Crippen LogP contribution >= 0.6 is 0 Å². The van der Waals surface area contributed by atoms with Crippen molar-refractivity contribution in [2.75, 3.05) is 6.54 Å². The lowest BCUT2D eigenvalue weighted by molar-refractivity contribution is -0.141. The molecule has 3 fully saturated rings. The molecule has 0 radical (unpaired) electrons. The largest absolute Gasteiger partial charge is 0.447 e. The second kappa shape index (κ2) is 14.0. The van der Waals surface area contributed by atoms with Crippen molar-refractivity contribution in [2.45, 2.75) is 119 Å². The smallest absolute Gasteiger partial charge is 0.410 e. The van der Waals surface area contributed by atoms with Crippen molar-refractivity contribution in [1.29, 1.82) is 0 Å². The maximum Gasteiger partial charge on any atom is 0.410 e. The maximum absolute atomic E-state index is 15.1. The first-order valence-electron chi connectivity index (χ1n) is 17.3. The highest BCUT2D eigenvalue weighted by molar-refractivity contribution is 7.91. The van der Waals surface area contributed by atoms with Crippen molar-refractivity contribution >= 4 is 39.9 Å². The summed E-state index contributed by atoms with van der Waals surface area (Å²) in [6.45, 7) is 3.43. The third-order valence-corrected chi connectivity index (χ3v) is 11.8. The molecule has 3 aliphatic heterocycles. The molecule has 2 aliphatic carbocycles. The Bertz CT molecular complexity index is 1690. The van der Waals surface area contributed by atoms with Gasteiger partial charge in [-0.25, -0.2) is 26.8 Å². The first-order valence-corrected chi connectivity index (χ1v) is 18.8. The van der Waals surface area contributed by atoms with Crippen LogP contribution in [0.1, 0.15) is 76.3 Å². The number of hydrogen-bond acceptors (Lipinski definition) is 9. The van der Waals surface area contributed by atoms with Gasteiger partial charge in [0.2, 0.25) is 27.8 Å². The molecule has 14 nitrogen and oxygen atoms in total. The Morgan fingerprint density at radius 1 is 1.04 bits per heavy atom. The van der Waals surface area contributed by atoms with Crippen LogP contribution in [-0.2, 0) is 47.0 Å². The van der Waals surface area contributed by atoms with E-state index in [1.165, 1.54) is 17.1 Å². The number of alkyl halides is 2. The number of sulfonamides is 1. The van der Waals surface area contributed by atoms with Gasteiger partial charge in [-0.1, -0.05) is 36.4 Å². The van der Waals surface area contributed by atoms with Gasteiger partial charge < -0.3 is 25.0 Å². The third-order valence-electron chi connectivity index (χ3n) is 9.96. The predicted octanol–water partition coefficient (Wildman–Crippen LogP) is 2.86. The van der Waals surface area contributed by atoms with E-state index < -0.39 is 106 Å². The summed E-state index contributed by atoms with van der Waals surface area (Å²) in [5.41, 5.74) is 0.173. The fourth-order valence-corrected chi connectivity index (χ4v) is 8.27. The average Bonchev–Trinajstić information content (AvgIpc) is 3.94. The van der Waals surface area contributed by atoms with Crippen LogP contribution in [0.25, 0.3) is 0 Å². The minimum Gasteiger partial charge on any atom is -0.447 e. The number of halogens is 2. The molecule has 3 heterocycles. The number of rotatable bonds is 6. The Labute approximate surface area is 294 Å². The Morgan fingerprint density at radius 2 is 1.73 bits per heavy atom. The van der Waals surface area contributed by atoms with Gasteiger partial charge in [-0.05, 0) is 57.1 Å². The number of benzene rings is 1. The lowest BCUT2D eigenvalue weighted by Gasteiger charge is -2.30. The lowest BCUT2D eigenvalue weighted by atomic mass is 10.0. The van der Waals surface area contributed by atoms with Gasteiger partial charge in [-0.3, -0.25) is 24.0 Å². The summed E-state index contributed by atoms with van der Waals surface area (Å²) >= 11 is 0. The average molecular weight is 736 g/mol. The second-order valence-corrected chi connectivity index (χ2v) is 16.3. The van der Waals surface area contributed by atoms with E-state index in [2.05, 4.69) is 15.4 Å². The van der Waals surface area contributed by atoms with Crippen LogP contribution in [0.5, 0.6) is 0 Å². The van der Waals surface area contributed by atoms with Crippen molar-refractivity contribution in [1.82, 2.24) is 25.2 Å². The molecule has 278 valence electrons. The zero-order valence-electron chi connectivity index (χ0n) is 28.4. The van der Waals surface area contributed by atoms with Crippen LogP contribution in [0.3, 0.4) is 0 Å². The van der Waals surface area contributed by atoms with Crippen molar-refractivity contribution < 1.29 is 50.6 Å². The number of allylic oxidation sites excluding steroid dienone is 1. The minimum absolute atomic E-state index is 0.00250. The number of nitrogens with one attached hydrogen (secondary N) is 3. The van der Waals surface area contributed by atoms with Crippen molar-refractivity contribution in [3.63, 3.8) is 0 Å². The van der Waals surface area contributed by atoms with Crippen LogP contribution in [0.4, 0.5) is 18.4 Å². The van der Waals surface area contributed by atoms with Gasteiger partial charge in [0.05, 0.1) is 17.9 Å². The van der Waals surface area contributed by atoms with E-state index in [0.717, 1.165) is 16.0 Å². The van der Waals surface area contributed by atoms with E-state index in [9.17, 15) is 32.4 Å². The van der Waals surface area contributed by atoms with E-state index in [1.54, 1.807) is 13.8 Å². The molecule has 0 bridgehead atoms. The topological polar surface area (TPSA) is 181 Å². The Hall–Kier alpha value is -4.28. The maximum atomic E-state index is 15.1. The van der Waals surface area contributed by atoms with E-state index >= 15 is 8.78 Å². The van der Waals surface area contributed by atoms with Gasteiger partial charge >= 0.3 is 12.2 Å². The fraction of sp³-hybridized carbons (Fsp3) is 0.618. The Balaban J connectivity index is 1.28. The summed E-state index contributed by atoms with van der Waals surface area (Å²) in [7, 11) is -4.00. The Kier molecular flexibility index (Phi) is 10.0. The van der Waals surface area contributed by atoms with Crippen LogP contribution < -0.4 is 15.4 Å². The van der Waals surface area contributed by atoms with Gasteiger partial charge in [0, 0.05) is 38.3 Å². The van der Waals surface area contributed by atoms with Gasteiger partial charge in [0.1, 0.15) is 23.7 Å². The lowest BCUT2D eigenvalue weighted by Crippen LogP contribution is -2.58. The summed E-state index contributed by atoms with van der Waals surface area (Å²) < 4.78 is 68.6. The molecule has 3 N–H and O–H groups in total. The highest BCUT2D eigenvalue weighted by Gasteiger charge is 2.62. The van der Waals surface area contributed by atoms with E-state index in [-0.39, 0.29) is 25.8 Å². The highest BCUT2D eigenvalue weighted by atomic mass is 32.2. The Morgan fingerprint density at radius 3 is 2.37 bits per heavy atom. The van der Waals surface area contributed by atoms with Crippen LogP contribution in [-0.4, -0.2) is 95.7 Å². The number of fused-ring (bicyclic) bond motifs is 3. The molecule has 1 aromatic rings. The molecule has 1 saturated heterocycles. The number of amides is 5. The predicted molar refractivity (Wildman–Crippen MR) is 176 cm³/mol. The molecule has 0 aromatic heterocycles. The molecule has 1 aromatic carbocycles. The van der Waals surface area contributed by atoms with Crippen LogP contribution in [0.15, 0.2) is 36.4 Å². The van der Waals surface area contributed by atoms with Crippen molar-refractivity contribution in [3.05, 3.63) is 47.5 Å². The molecule has 5 aliphatic rings. The zero-order valence-corrected chi connectivity index (χ0v) is 29.3. The number of ether oxygens (including phenoxy) is 2. The van der Waals surface area contributed by atoms with Gasteiger partial charge in [0.25, 0.3) is 5.91 Å². The normalized spacial score (nSPS) is 29.1. The summed E-state index contributed by atoms with van der Waals surface area (Å²) in [6, 6.07) is 4.59. The molecule has 5 atom stereocenters. The van der Waals surface area contributed by atoms with E-state index in [0.29, 0.717) is 25.9 Å². The molecule has 2 saturated carbocycles. The molecule has 0 unspecified atom stereocenters. The highest BCUT2D eigenvalue weighted by Crippen LogP contribution is 2.46. The van der Waals surface area contributed by atoms with Gasteiger partial charge in [0.15, 0.2) is 0 Å². The third kappa shape index (κ3) is 8.28. The summed E-state index contributed by atoms with van der Waals surface area (Å²) in [5, 5.41) is 4.33.